The Morgan fingerprint density at radius 1 is 1.52 bits per heavy atom. The Kier molecular flexibility index (Phi) is 5.31. The third-order valence-electron chi connectivity index (χ3n) is 4.17. The fourth-order valence-electron chi connectivity index (χ4n) is 3.14. The molecule has 1 aliphatic rings. The number of aromatic carboxylic acids is 1. The largest absolute Gasteiger partial charge is 0.478 e. The van der Waals surface area contributed by atoms with Crippen molar-refractivity contribution in [2.75, 3.05) is 26.7 Å². The van der Waals surface area contributed by atoms with Crippen LogP contribution < -0.4 is 0 Å². The Bertz CT molecular complexity index is 507. The van der Waals surface area contributed by atoms with Crippen molar-refractivity contribution in [1.29, 1.82) is 0 Å². The fraction of sp³-hybridized carbons (Fsp3) is 0.562. The van der Waals surface area contributed by atoms with E-state index in [1.807, 2.05) is 7.05 Å². The van der Waals surface area contributed by atoms with Crippen LogP contribution in [-0.4, -0.2) is 53.6 Å². The van der Waals surface area contributed by atoms with Crippen LogP contribution in [0.25, 0.3) is 0 Å². The van der Waals surface area contributed by atoms with Gasteiger partial charge in [-0.3, -0.25) is 4.90 Å². The maximum Gasteiger partial charge on any atom is 0.336 e. The molecule has 5 heteroatoms. The summed E-state index contributed by atoms with van der Waals surface area (Å²) in [5, 5.41) is 9.18. The van der Waals surface area contributed by atoms with Gasteiger partial charge in [0.2, 0.25) is 0 Å². The Morgan fingerprint density at radius 2 is 2.29 bits per heavy atom. The highest BCUT2D eigenvalue weighted by atomic mass is 19.1. The van der Waals surface area contributed by atoms with Crippen LogP contribution >= 0.6 is 0 Å². The lowest BCUT2D eigenvalue weighted by atomic mass is 10.1. The molecule has 1 unspecified atom stereocenters. The molecule has 1 aromatic rings. The van der Waals surface area contributed by atoms with Gasteiger partial charge in [0.05, 0.1) is 5.56 Å². The van der Waals surface area contributed by atoms with Gasteiger partial charge in [-0.15, -0.1) is 0 Å². The van der Waals surface area contributed by atoms with Gasteiger partial charge in [-0.2, -0.15) is 0 Å². The highest BCUT2D eigenvalue weighted by molar-refractivity contribution is 5.89. The second-order valence-electron chi connectivity index (χ2n) is 5.73. The van der Waals surface area contributed by atoms with E-state index in [9.17, 15) is 14.3 Å². The first-order valence-corrected chi connectivity index (χ1v) is 7.45. The van der Waals surface area contributed by atoms with Gasteiger partial charge >= 0.3 is 5.97 Å². The molecule has 116 valence electrons. The lowest BCUT2D eigenvalue weighted by molar-refractivity contribution is 0.0694. The smallest absolute Gasteiger partial charge is 0.336 e. The van der Waals surface area contributed by atoms with Gasteiger partial charge in [0, 0.05) is 19.1 Å². The summed E-state index contributed by atoms with van der Waals surface area (Å²) < 4.78 is 13.4. The number of hydrogen-bond donors (Lipinski definition) is 1. The van der Waals surface area contributed by atoms with E-state index >= 15 is 0 Å². The molecule has 1 aromatic carbocycles. The zero-order valence-corrected chi connectivity index (χ0v) is 12.7. The fourth-order valence-corrected chi connectivity index (χ4v) is 3.14. The summed E-state index contributed by atoms with van der Waals surface area (Å²) in [6.45, 7) is 5.67. The summed E-state index contributed by atoms with van der Waals surface area (Å²) in [5.41, 5.74) is 0.716. The van der Waals surface area contributed by atoms with Crippen LogP contribution in [0.5, 0.6) is 0 Å². The Hall–Kier alpha value is -1.46. The van der Waals surface area contributed by atoms with Crippen molar-refractivity contribution < 1.29 is 14.3 Å². The number of carbonyl (C=O) groups is 1. The van der Waals surface area contributed by atoms with Gasteiger partial charge in [0.25, 0.3) is 0 Å². The van der Waals surface area contributed by atoms with E-state index in [-0.39, 0.29) is 11.4 Å². The van der Waals surface area contributed by atoms with E-state index < -0.39 is 5.97 Å². The predicted molar refractivity (Wildman–Crippen MR) is 80.0 cm³/mol. The van der Waals surface area contributed by atoms with Gasteiger partial charge in [0.1, 0.15) is 5.82 Å². The molecule has 1 saturated heterocycles. The average molecular weight is 294 g/mol. The molecule has 1 fully saturated rings. The Labute approximate surface area is 125 Å². The van der Waals surface area contributed by atoms with Crippen molar-refractivity contribution in [3.8, 4) is 0 Å². The minimum atomic E-state index is -1.01. The summed E-state index contributed by atoms with van der Waals surface area (Å²) >= 11 is 0. The first-order valence-electron chi connectivity index (χ1n) is 7.45. The number of rotatable bonds is 6. The van der Waals surface area contributed by atoms with E-state index in [1.54, 1.807) is 0 Å². The van der Waals surface area contributed by atoms with Crippen LogP contribution in [0.3, 0.4) is 0 Å². The number of carboxylic acid groups (broad SMARTS) is 1. The number of likely N-dealkylation sites (tertiary alicyclic amines) is 1. The monoisotopic (exact) mass is 294 g/mol. The molecule has 1 heterocycles. The molecule has 4 nitrogen and oxygen atoms in total. The first-order chi connectivity index (χ1) is 10.0. The average Bonchev–Trinajstić information content (AvgIpc) is 2.85. The Morgan fingerprint density at radius 3 is 2.95 bits per heavy atom. The normalized spacial score (nSPS) is 19.3. The van der Waals surface area contributed by atoms with Crippen LogP contribution in [-0.2, 0) is 6.54 Å². The summed E-state index contributed by atoms with van der Waals surface area (Å²) in [6, 6.07) is 4.38. The minimum absolute atomic E-state index is 0.182. The topological polar surface area (TPSA) is 43.8 Å². The van der Waals surface area contributed by atoms with Gasteiger partial charge in [-0.05, 0) is 56.7 Å². The number of likely N-dealkylation sites (N-methyl/N-ethyl adjacent to an activating group) is 2. The number of halogens is 1. The highest BCUT2D eigenvalue weighted by Gasteiger charge is 2.24. The molecule has 0 bridgehead atoms. The van der Waals surface area contributed by atoms with E-state index in [2.05, 4.69) is 16.7 Å². The molecule has 1 N–H and O–H groups in total. The molecule has 1 atom stereocenters. The maximum absolute atomic E-state index is 13.4. The zero-order chi connectivity index (χ0) is 15.4. The van der Waals surface area contributed by atoms with E-state index in [0.717, 1.165) is 19.6 Å². The third-order valence-corrected chi connectivity index (χ3v) is 4.17. The Balaban J connectivity index is 2.04. The molecule has 0 aliphatic carbocycles. The molecule has 21 heavy (non-hydrogen) atoms. The van der Waals surface area contributed by atoms with Crippen LogP contribution in [0.4, 0.5) is 4.39 Å². The minimum Gasteiger partial charge on any atom is -0.478 e. The van der Waals surface area contributed by atoms with Gasteiger partial charge < -0.3 is 10.0 Å². The highest BCUT2D eigenvalue weighted by Crippen LogP contribution is 2.19. The summed E-state index contributed by atoms with van der Waals surface area (Å²) in [5.74, 6) is -1.39. The number of benzene rings is 1. The van der Waals surface area contributed by atoms with Crippen LogP contribution in [0, 0.1) is 5.82 Å². The molecule has 0 saturated carbocycles. The van der Waals surface area contributed by atoms with Gasteiger partial charge in [-0.1, -0.05) is 6.92 Å². The van der Waals surface area contributed by atoms with Crippen LogP contribution in [0.1, 0.15) is 35.7 Å². The van der Waals surface area contributed by atoms with Crippen molar-refractivity contribution in [3.63, 3.8) is 0 Å². The van der Waals surface area contributed by atoms with Crippen molar-refractivity contribution in [2.24, 2.45) is 0 Å². The summed E-state index contributed by atoms with van der Waals surface area (Å²) in [7, 11) is 1.96. The van der Waals surface area contributed by atoms with Gasteiger partial charge in [0.15, 0.2) is 0 Å². The number of nitrogens with zero attached hydrogens (tertiary/aromatic N) is 2. The quantitative estimate of drug-likeness (QED) is 0.875. The third kappa shape index (κ3) is 4.02. The lowest BCUT2D eigenvalue weighted by Gasteiger charge is -2.28. The lowest BCUT2D eigenvalue weighted by Crippen LogP contribution is -2.38. The maximum atomic E-state index is 13.4. The second kappa shape index (κ2) is 7.00. The van der Waals surface area contributed by atoms with Crippen molar-refractivity contribution in [1.82, 2.24) is 9.80 Å². The summed E-state index contributed by atoms with van der Waals surface area (Å²) in [4.78, 5) is 15.7. The van der Waals surface area contributed by atoms with E-state index in [4.69, 9.17) is 0 Å². The zero-order valence-electron chi connectivity index (χ0n) is 12.7. The van der Waals surface area contributed by atoms with Crippen molar-refractivity contribution in [2.45, 2.75) is 32.4 Å². The molecule has 0 aromatic heterocycles. The van der Waals surface area contributed by atoms with Crippen molar-refractivity contribution >= 4 is 5.97 Å². The molecule has 1 aliphatic heterocycles. The standard InChI is InChI=1S/C16H23FN2O2/c1-3-19-8-4-5-14(19)11-18(2)10-12-9-13(17)6-7-15(12)16(20)21/h6-7,9,14H,3-5,8,10-11H2,1-2H3,(H,20,21). The van der Waals surface area contributed by atoms with Crippen LogP contribution in [0.2, 0.25) is 0 Å². The molecule has 0 radical (unpaired) electrons. The first kappa shape index (κ1) is 15.9. The van der Waals surface area contributed by atoms with Crippen LogP contribution in [0.15, 0.2) is 18.2 Å². The predicted octanol–water partition coefficient (Wildman–Crippen LogP) is 2.44. The molecular formula is C16H23FN2O2. The molecule has 0 amide bonds. The number of hydrogen-bond acceptors (Lipinski definition) is 3. The SMILES string of the molecule is CCN1CCCC1CN(C)Cc1cc(F)ccc1C(=O)O. The van der Waals surface area contributed by atoms with Crippen molar-refractivity contribution in [3.05, 3.63) is 35.1 Å². The van der Waals surface area contributed by atoms with Gasteiger partial charge in [-0.25, -0.2) is 9.18 Å². The van der Waals surface area contributed by atoms with E-state index in [0.29, 0.717) is 18.2 Å². The molecule has 0 spiro atoms. The van der Waals surface area contributed by atoms with E-state index in [1.165, 1.54) is 31.0 Å². The molecular weight excluding hydrogens is 271 g/mol. The second-order valence-corrected chi connectivity index (χ2v) is 5.73. The summed E-state index contributed by atoms with van der Waals surface area (Å²) in [6.07, 6.45) is 2.39. The number of carboxylic acids is 1. The molecule has 2 rings (SSSR count).